The maximum atomic E-state index is 11.7. The van der Waals surface area contributed by atoms with E-state index >= 15 is 0 Å². The maximum Gasteiger partial charge on any atom is 0.252 e. The molecule has 0 saturated carbocycles. The third-order valence-electron chi connectivity index (χ3n) is 2.15. The molecule has 0 radical (unpaired) electrons. The first-order valence-electron chi connectivity index (χ1n) is 4.56. The van der Waals surface area contributed by atoms with Gasteiger partial charge in [-0.25, -0.2) is 4.98 Å². The lowest BCUT2D eigenvalue weighted by molar-refractivity contribution is -0.122. The molecule has 0 N–H and O–H groups in total. The molecule has 2 heterocycles. The number of hydrogen-bond donors (Lipinski definition) is 0. The zero-order chi connectivity index (χ0) is 9.97. The Balaban J connectivity index is 2.31. The third-order valence-corrected chi connectivity index (χ3v) is 2.15. The van der Waals surface area contributed by atoms with E-state index in [0.29, 0.717) is 12.2 Å². The van der Waals surface area contributed by atoms with Gasteiger partial charge in [0.1, 0.15) is 0 Å². The molecular weight excluding hydrogens is 178 g/mol. The number of amides is 1. The fourth-order valence-corrected chi connectivity index (χ4v) is 1.30. The summed E-state index contributed by atoms with van der Waals surface area (Å²) in [6.45, 7) is 1.89. The fourth-order valence-electron chi connectivity index (χ4n) is 1.30. The lowest BCUT2D eigenvalue weighted by Crippen LogP contribution is -2.34. The van der Waals surface area contributed by atoms with Gasteiger partial charge in [-0.3, -0.25) is 4.79 Å². The van der Waals surface area contributed by atoms with Crippen molar-refractivity contribution in [2.24, 2.45) is 11.0 Å². The average Bonchev–Trinajstić information content (AvgIpc) is 2.23. The number of hydrogen-bond acceptors (Lipinski definition) is 3. The predicted molar refractivity (Wildman–Crippen MR) is 54.0 cm³/mol. The van der Waals surface area contributed by atoms with Crippen molar-refractivity contribution in [3.63, 3.8) is 0 Å². The highest BCUT2D eigenvalue weighted by atomic mass is 16.2. The number of carbonyl (C=O) groups is 1. The molecule has 14 heavy (non-hydrogen) atoms. The first-order valence-corrected chi connectivity index (χ1v) is 4.56. The highest BCUT2D eigenvalue weighted by Crippen LogP contribution is 2.18. The molecule has 1 unspecified atom stereocenters. The zero-order valence-electron chi connectivity index (χ0n) is 7.92. The Morgan fingerprint density at radius 2 is 2.36 bits per heavy atom. The van der Waals surface area contributed by atoms with Crippen LogP contribution < -0.4 is 5.01 Å². The standard InChI is InChI=1S/C10H11N3O/c1-8-5-7-12-13(10(8)14)9-4-2-3-6-11-9/h2-4,6-8H,5H2,1H3. The van der Waals surface area contributed by atoms with Crippen LogP contribution in [0.15, 0.2) is 29.5 Å². The Morgan fingerprint density at radius 1 is 1.50 bits per heavy atom. The van der Waals surface area contributed by atoms with Crippen LogP contribution in [0.2, 0.25) is 0 Å². The van der Waals surface area contributed by atoms with Crippen LogP contribution in [0.1, 0.15) is 13.3 Å². The Morgan fingerprint density at radius 3 is 3.07 bits per heavy atom. The largest absolute Gasteiger partial charge is 0.272 e. The van der Waals surface area contributed by atoms with Crippen molar-refractivity contribution in [2.45, 2.75) is 13.3 Å². The third kappa shape index (κ3) is 1.51. The molecule has 2 rings (SSSR count). The van der Waals surface area contributed by atoms with E-state index in [0.717, 1.165) is 0 Å². The second kappa shape index (κ2) is 3.57. The first kappa shape index (κ1) is 8.87. The lowest BCUT2D eigenvalue weighted by Gasteiger charge is -2.22. The van der Waals surface area contributed by atoms with Gasteiger partial charge in [0, 0.05) is 18.3 Å². The summed E-state index contributed by atoms with van der Waals surface area (Å²) >= 11 is 0. The topological polar surface area (TPSA) is 45.6 Å². The lowest BCUT2D eigenvalue weighted by atomic mass is 10.1. The second-order valence-corrected chi connectivity index (χ2v) is 3.27. The molecule has 1 aliphatic rings. The monoisotopic (exact) mass is 189 g/mol. The van der Waals surface area contributed by atoms with Crippen LogP contribution in [0.5, 0.6) is 0 Å². The van der Waals surface area contributed by atoms with Gasteiger partial charge in [0.05, 0.1) is 0 Å². The number of nitrogens with zero attached hydrogens (tertiary/aromatic N) is 3. The van der Waals surface area contributed by atoms with Gasteiger partial charge in [-0.1, -0.05) is 13.0 Å². The van der Waals surface area contributed by atoms with E-state index in [9.17, 15) is 4.79 Å². The molecule has 1 aromatic rings. The van der Waals surface area contributed by atoms with Crippen molar-refractivity contribution >= 4 is 17.9 Å². The van der Waals surface area contributed by atoms with Gasteiger partial charge < -0.3 is 0 Å². The molecule has 0 bridgehead atoms. The molecule has 0 aliphatic carbocycles. The summed E-state index contributed by atoms with van der Waals surface area (Å²) in [5.41, 5.74) is 0. The summed E-state index contributed by atoms with van der Waals surface area (Å²) < 4.78 is 0. The molecule has 0 fully saturated rings. The van der Waals surface area contributed by atoms with Gasteiger partial charge in [-0.15, -0.1) is 0 Å². The minimum Gasteiger partial charge on any atom is -0.272 e. The van der Waals surface area contributed by atoms with Crippen LogP contribution in [0.3, 0.4) is 0 Å². The molecule has 0 aromatic carbocycles. The summed E-state index contributed by atoms with van der Waals surface area (Å²) in [5.74, 6) is 0.584. The van der Waals surface area contributed by atoms with Crippen molar-refractivity contribution in [3.05, 3.63) is 24.4 Å². The van der Waals surface area contributed by atoms with Crippen molar-refractivity contribution < 1.29 is 4.79 Å². The molecule has 1 atom stereocenters. The minimum absolute atomic E-state index is 0.00509. The van der Waals surface area contributed by atoms with Crippen molar-refractivity contribution in [1.29, 1.82) is 0 Å². The van der Waals surface area contributed by atoms with Gasteiger partial charge in [0.25, 0.3) is 5.91 Å². The number of pyridine rings is 1. The number of carbonyl (C=O) groups excluding carboxylic acids is 1. The molecule has 0 spiro atoms. The number of aromatic nitrogens is 1. The molecular formula is C10H11N3O. The van der Waals surface area contributed by atoms with E-state index in [4.69, 9.17) is 0 Å². The highest BCUT2D eigenvalue weighted by Gasteiger charge is 2.24. The van der Waals surface area contributed by atoms with Crippen molar-refractivity contribution in [1.82, 2.24) is 4.98 Å². The Labute approximate surface area is 82.3 Å². The second-order valence-electron chi connectivity index (χ2n) is 3.27. The van der Waals surface area contributed by atoms with Crippen LogP contribution in [0.4, 0.5) is 5.82 Å². The van der Waals surface area contributed by atoms with E-state index in [1.807, 2.05) is 19.1 Å². The number of anilines is 1. The average molecular weight is 189 g/mol. The van der Waals surface area contributed by atoms with Crippen LogP contribution in [0, 0.1) is 5.92 Å². The Hall–Kier alpha value is -1.71. The van der Waals surface area contributed by atoms with Crippen LogP contribution in [-0.4, -0.2) is 17.1 Å². The Kier molecular flexibility index (Phi) is 2.26. The first-order chi connectivity index (χ1) is 6.79. The van der Waals surface area contributed by atoms with E-state index < -0.39 is 0 Å². The van der Waals surface area contributed by atoms with Crippen LogP contribution >= 0.6 is 0 Å². The van der Waals surface area contributed by atoms with Crippen molar-refractivity contribution in [3.8, 4) is 0 Å². The molecule has 4 heteroatoms. The van der Waals surface area contributed by atoms with E-state index in [2.05, 4.69) is 10.1 Å². The predicted octanol–water partition coefficient (Wildman–Crippen LogP) is 1.44. The van der Waals surface area contributed by atoms with Gasteiger partial charge in [0.15, 0.2) is 5.82 Å². The molecule has 1 aromatic heterocycles. The molecule has 1 amide bonds. The molecule has 1 aliphatic heterocycles. The molecule has 72 valence electrons. The fraction of sp³-hybridized carbons (Fsp3) is 0.300. The Bertz CT molecular complexity index is 361. The van der Waals surface area contributed by atoms with Gasteiger partial charge in [0.2, 0.25) is 0 Å². The van der Waals surface area contributed by atoms with Crippen molar-refractivity contribution in [2.75, 3.05) is 5.01 Å². The highest BCUT2D eigenvalue weighted by molar-refractivity contribution is 5.97. The van der Waals surface area contributed by atoms with E-state index in [1.165, 1.54) is 5.01 Å². The van der Waals surface area contributed by atoms with Gasteiger partial charge in [-0.05, 0) is 18.6 Å². The number of hydrazone groups is 1. The van der Waals surface area contributed by atoms with Crippen LogP contribution in [0.25, 0.3) is 0 Å². The zero-order valence-corrected chi connectivity index (χ0v) is 7.92. The summed E-state index contributed by atoms with van der Waals surface area (Å²) in [6.07, 6.45) is 4.11. The van der Waals surface area contributed by atoms with Crippen LogP contribution in [-0.2, 0) is 4.79 Å². The summed E-state index contributed by atoms with van der Waals surface area (Å²) in [7, 11) is 0. The minimum atomic E-state index is -0.00509. The maximum absolute atomic E-state index is 11.7. The van der Waals surface area contributed by atoms with Gasteiger partial charge >= 0.3 is 0 Å². The quantitative estimate of drug-likeness (QED) is 0.671. The molecule has 4 nitrogen and oxygen atoms in total. The molecule has 0 saturated heterocycles. The smallest absolute Gasteiger partial charge is 0.252 e. The number of rotatable bonds is 1. The van der Waals surface area contributed by atoms with E-state index in [-0.39, 0.29) is 11.8 Å². The SMILES string of the molecule is CC1CC=NN(c2ccccn2)C1=O. The van der Waals surface area contributed by atoms with Gasteiger partial charge in [-0.2, -0.15) is 10.1 Å². The summed E-state index contributed by atoms with van der Waals surface area (Å²) in [6, 6.07) is 5.42. The van der Waals surface area contributed by atoms with E-state index in [1.54, 1.807) is 18.5 Å². The summed E-state index contributed by atoms with van der Waals surface area (Å²) in [5, 5.41) is 5.38. The normalized spacial score (nSPS) is 21.4. The summed E-state index contributed by atoms with van der Waals surface area (Å²) in [4.78, 5) is 15.8.